The summed E-state index contributed by atoms with van der Waals surface area (Å²) in [6.07, 6.45) is 1.15. The van der Waals surface area contributed by atoms with Crippen molar-refractivity contribution in [1.29, 1.82) is 0 Å². The Morgan fingerprint density at radius 3 is 2.82 bits per heavy atom. The molecule has 3 heteroatoms. The monoisotopic (exact) mass is 234 g/mol. The molecule has 1 unspecified atom stereocenters. The second-order valence-electron chi connectivity index (χ2n) is 4.64. The smallest absolute Gasteiger partial charge is 0.138 e. The molecule has 0 saturated heterocycles. The number of nitrogens with zero attached hydrogens (tertiary/aromatic N) is 1. The van der Waals surface area contributed by atoms with Crippen LogP contribution in [0.4, 0.5) is 5.69 Å². The van der Waals surface area contributed by atoms with Gasteiger partial charge in [-0.15, -0.1) is 0 Å². The van der Waals surface area contributed by atoms with Crippen molar-refractivity contribution in [2.75, 3.05) is 31.5 Å². The maximum atomic E-state index is 9.85. The molecule has 0 bridgehead atoms. The van der Waals surface area contributed by atoms with Crippen LogP contribution in [0.5, 0.6) is 5.75 Å². The van der Waals surface area contributed by atoms with Crippen LogP contribution in [0, 0.1) is 0 Å². The Bertz CT molecular complexity index is 374. The fourth-order valence-electron chi connectivity index (χ4n) is 2.60. The summed E-state index contributed by atoms with van der Waals surface area (Å²) in [6, 6.07) is 5.83. The quantitative estimate of drug-likeness (QED) is 0.786. The van der Waals surface area contributed by atoms with Crippen LogP contribution >= 0.6 is 0 Å². The van der Waals surface area contributed by atoms with Gasteiger partial charge in [-0.2, -0.15) is 0 Å². The first-order valence-electron chi connectivity index (χ1n) is 6.54. The van der Waals surface area contributed by atoms with Gasteiger partial charge >= 0.3 is 0 Å². The van der Waals surface area contributed by atoms with Crippen molar-refractivity contribution in [3.8, 4) is 5.75 Å². The maximum absolute atomic E-state index is 9.85. The predicted octanol–water partition coefficient (Wildman–Crippen LogP) is 2.63. The van der Waals surface area contributed by atoms with E-state index >= 15 is 0 Å². The first-order valence-corrected chi connectivity index (χ1v) is 6.54. The highest BCUT2D eigenvalue weighted by molar-refractivity contribution is 5.64. The van der Waals surface area contributed by atoms with Gasteiger partial charge in [-0.3, -0.25) is 0 Å². The van der Waals surface area contributed by atoms with Gasteiger partial charge in [0.2, 0.25) is 0 Å². The van der Waals surface area contributed by atoms with Gasteiger partial charge in [0.25, 0.3) is 0 Å². The summed E-state index contributed by atoms with van der Waals surface area (Å²) < 4.78 is 0. The third-order valence-corrected chi connectivity index (χ3v) is 3.68. The Labute approximate surface area is 103 Å². The number of aromatic hydroxyl groups is 1. The van der Waals surface area contributed by atoms with E-state index in [-0.39, 0.29) is 0 Å². The zero-order valence-electron chi connectivity index (χ0n) is 10.7. The largest absolute Gasteiger partial charge is 0.506 e. The summed E-state index contributed by atoms with van der Waals surface area (Å²) in [5, 5.41) is 13.1. The Morgan fingerprint density at radius 1 is 1.35 bits per heavy atom. The molecular weight excluding hydrogens is 212 g/mol. The number of benzene rings is 1. The SMILES string of the molecule is CCN(CC)CC1CCNc2c(O)cccc21. The van der Waals surface area contributed by atoms with Crippen LogP contribution in [-0.2, 0) is 0 Å². The zero-order chi connectivity index (χ0) is 12.3. The van der Waals surface area contributed by atoms with Crippen LogP contribution in [0.1, 0.15) is 31.7 Å². The van der Waals surface area contributed by atoms with Crippen LogP contribution in [-0.4, -0.2) is 36.2 Å². The van der Waals surface area contributed by atoms with Gasteiger partial charge in [0.05, 0.1) is 5.69 Å². The minimum absolute atomic E-state index is 0.381. The van der Waals surface area contributed by atoms with Crippen LogP contribution in [0.3, 0.4) is 0 Å². The molecular formula is C14H22N2O. The fourth-order valence-corrected chi connectivity index (χ4v) is 2.60. The number of phenolic OH excluding ortho intramolecular Hbond substituents is 1. The van der Waals surface area contributed by atoms with Gasteiger partial charge < -0.3 is 15.3 Å². The number of phenols is 1. The van der Waals surface area contributed by atoms with Crippen molar-refractivity contribution in [2.45, 2.75) is 26.2 Å². The summed E-state index contributed by atoms with van der Waals surface area (Å²) in [4.78, 5) is 2.45. The van der Waals surface area contributed by atoms with E-state index in [0.717, 1.165) is 38.3 Å². The minimum atomic E-state index is 0.381. The number of nitrogens with one attached hydrogen (secondary N) is 1. The number of fused-ring (bicyclic) bond motifs is 1. The lowest BCUT2D eigenvalue weighted by molar-refractivity contribution is 0.277. The molecule has 0 aliphatic carbocycles. The molecule has 2 N–H and O–H groups in total. The Morgan fingerprint density at radius 2 is 2.12 bits per heavy atom. The lowest BCUT2D eigenvalue weighted by atomic mass is 9.90. The van der Waals surface area contributed by atoms with E-state index in [0.29, 0.717) is 11.7 Å². The van der Waals surface area contributed by atoms with Crippen molar-refractivity contribution in [2.24, 2.45) is 0 Å². The molecule has 0 fully saturated rings. The lowest BCUT2D eigenvalue weighted by Crippen LogP contribution is -2.31. The summed E-state index contributed by atoms with van der Waals surface area (Å²) >= 11 is 0. The van der Waals surface area contributed by atoms with Crippen LogP contribution in [0.2, 0.25) is 0 Å². The Balaban J connectivity index is 2.20. The van der Waals surface area contributed by atoms with Gasteiger partial charge in [-0.05, 0) is 31.1 Å². The van der Waals surface area contributed by atoms with Crippen molar-refractivity contribution in [1.82, 2.24) is 4.90 Å². The highest BCUT2D eigenvalue weighted by atomic mass is 16.3. The molecule has 1 aromatic rings. The standard InChI is InChI=1S/C14H22N2O/c1-3-16(4-2)10-11-8-9-15-14-12(11)6-5-7-13(14)17/h5-7,11,15,17H,3-4,8-10H2,1-2H3. The molecule has 1 atom stereocenters. The average molecular weight is 234 g/mol. The van der Waals surface area contributed by atoms with Crippen molar-refractivity contribution in [3.05, 3.63) is 23.8 Å². The van der Waals surface area contributed by atoms with E-state index in [1.807, 2.05) is 6.07 Å². The summed E-state index contributed by atoms with van der Waals surface area (Å²) in [5.74, 6) is 0.921. The zero-order valence-corrected chi connectivity index (χ0v) is 10.7. The molecule has 17 heavy (non-hydrogen) atoms. The number of hydrogen-bond acceptors (Lipinski definition) is 3. The van der Waals surface area contributed by atoms with Gasteiger partial charge in [0, 0.05) is 19.0 Å². The van der Waals surface area contributed by atoms with Crippen LogP contribution in [0.15, 0.2) is 18.2 Å². The number of hydrogen-bond donors (Lipinski definition) is 2. The minimum Gasteiger partial charge on any atom is -0.506 e. The number of para-hydroxylation sites is 1. The molecule has 0 amide bonds. The highest BCUT2D eigenvalue weighted by Gasteiger charge is 2.23. The van der Waals surface area contributed by atoms with Gasteiger partial charge in [-0.25, -0.2) is 0 Å². The van der Waals surface area contributed by atoms with E-state index in [1.165, 1.54) is 5.56 Å². The van der Waals surface area contributed by atoms with Gasteiger partial charge in [0.15, 0.2) is 0 Å². The average Bonchev–Trinajstić information content (AvgIpc) is 2.37. The third-order valence-electron chi connectivity index (χ3n) is 3.68. The Kier molecular flexibility index (Phi) is 3.89. The van der Waals surface area contributed by atoms with Crippen molar-refractivity contribution >= 4 is 5.69 Å². The second kappa shape index (κ2) is 5.41. The molecule has 94 valence electrons. The second-order valence-corrected chi connectivity index (χ2v) is 4.64. The van der Waals surface area contributed by atoms with Gasteiger partial charge in [0.1, 0.15) is 5.75 Å². The molecule has 0 saturated carbocycles. The molecule has 0 radical (unpaired) electrons. The maximum Gasteiger partial charge on any atom is 0.138 e. The highest BCUT2D eigenvalue weighted by Crippen LogP contribution is 2.37. The molecule has 2 rings (SSSR count). The molecule has 0 spiro atoms. The van der Waals surface area contributed by atoms with E-state index < -0.39 is 0 Å². The molecule has 0 aromatic heterocycles. The number of rotatable bonds is 4. The first-order chi connectivity index (χ1) is 8.26. The van der Waals surface area contributed by atoms with Gasteiger partial charge in [-0.1, -0.05) is 26.0 Å². The molecule has 1 aliphatic heterocycles. The van der Waals surface area contributed by atoms with E-state index in [1.54, 1.807) is 6.07 Å². The fraction of sp³-hybridized carbons (Fsp3) is 0.571. The number of likely N-dealkylation sites (N-methyl/N-ethyl adjacent to an activating group) is 1. The molecule has 3 nitrogen and oxygen atoms in total. The predicted molar refractivity (Wildman–Crippen MR) is 71.7 cm³/mol. The van der Waals surface area contributed by atoms with Crippen molar-refractivity contribution in [3.63, 3.8) is 0 Å². The van der Waals surface area contributed by atoms with E-state index in [2.05, 4.69) is 30.1 Å². The topological polar surface area (TPSA) is 35.5 Å². The van der Waals surface area contributed by atoms with Crippen molar-refractivity contribution < 1.29 is 5.11 Å². The van der Waals surface area contributed by atoms with E-state index in [4.69, 9.17) is 0 Å². The summed E-state index contributed by atoms with van der Waals surface area (Å²) in [6.45, 7) is 8.63. The molecule has 1 aliphatic rings. The third kappa shape index (κ3) is 2.55. The normalized spacial score (nSPS) is 18.9. The molecule has 1 heterocycles. The molecule has 1 aromatic carbocycles. The number of anilines is 1. The summed E-state index contributed by atoms with van der Waals surface area (Å²) in [7, 11) is 0. The van der Waals surface area contributed by atoms with E-state index in [9.17, 15) is 5.11 Å². The van der Waals surface area contributed by atoms with Crippen LogP contribution < -0.4 is 5.32 Å². The first kappa shape index (κ1) is 12.2. The van der Waals surface area contributed by atoms with Crippen LogP contribution in [0.25, 0.3) is 0 Å². The summed E-state index contributed by atoms with van der Waals surface area (Å²) in [5.41, 5.74) is 2.21. The Hall–Kier alpha value is -1.22. The lowest BCUT2D eigenvalue weighted by Gasteiger charge is -2.31.